The predicted octanol–water partition coefficient (Wildman–Crippen LogP) is 3.81. The summed E-state index contributed by atoms with van der Waals surface area (Å²) < 4.78 is 1.93. The smallest absolute Gasteiger partial charge is 0.252 e. The molecular weight excluding hydrogens is 370 g/mol. The van der Waals surface area contributed by atoms with Crippen molar-refractivity contribution in [3.8, 4) is 0 Å². The second-order valence-corrected chi connectivity index (χ2v) is 7.61. The number of aryl methyl sites for hydroxylation is 1. The Morgan fingerprint density at radius 1 is 1.18 bits per heavy atom. The fraction of sp³-hybridized carbons (Fsp3) is 0.238. The average Bonchev–Trinajstić information content (AvgIpc) is 3.14. The average molecular weight is 392 g/mol. The molecule has 0 bridgehead atoms. The zero-order valence-corrected chi connectivity index (χ0v) is 16.6. The van der Waals surface area contributed by atoms with Crippen molar-refractivity contribution in [1.82, 2.24) is 24.9 Å². The van der Waals surface area contributed by atoms with Crippen LogP contribution in [0, 0.1) is 6.92 Å². The standard InChI is InChI=1S/C21H21N5OS/c1-14-13-16(15-7-3-4-8-17(15)22-14)21(27)23-18(10-12-28-2)20-25-24-19-9-5-6-11-26(19)20/h3-9,11,13,18H,10,12H2,1-2H3,(H,23,27). The van der Waals surface area contributed by atoms with E-state index in [9.17, 15) is 4.79 Å². The quantitative estimate of drug-likeness (QED) is 0.541. The lowest BCUT2D eigenvalue weighted by Crippen LogP contribution is -2.30. The van der Waals surface area contributed by atoms with Crippen LogP contribution in [0.4, 0.5) is 0 Å². The molecule has 7 heteroatoms. The molecule has 0 aliphatic heterocycles. The number of fused-ring (bicyclic) bond motifs is 2. The number of amides is 1. The van der Waals surface area contributed by atoms with Crippen LogP contribution < -0.4 is 5.32 Å². The first-order valence-corrected chi connectivity index (χ1v) is 10.5. The molecule has 1 aromatic carbocycles. The summed E-state index contributed by atoms with van der Waals surface area (Å²) in [7, 11) is 0. The predicted molar refractivity (Wildman–Crippen MR) is 113 cm³/mol. The Balaban J connectivity index is 1.71. The molecule has 0 saturated heterocycles. The molecule has 1 atom stereocenters. The zero-order valence-electron chi connectivity index (χ0n) is 15.8. The Morgan fingerprint density at radius 2 is 2.00 bits per heavy atom. The number of pyridine rings is 2. The minimum Gasteiger partial charge on any atom is -0.342 e. The number of thioether (sulfide) groups is 1. The van der Waals surface area contributed by atoms with Gasteiger partial charge in [-0.25, -0.2) is 0 Å². The number of para-hydroxylation sites is 1. The summed E-state index contributed by atoms with van der Waals surface area (Å²) in [5, 5.41) is 12.6. The first-order chi connectivity index (χ1) is 13.7. The lowest BCUT2D eigenvalue weighted by atomic mass is 10.1. The molecule has 0 aliphatic carbocycles. The number of aromatic nitrogens is 4. The molecule has 0 spiro atoms. The van der Waals surface area contributed by atoms with E-state index in [0.29, 0.717) is 5.56 Å². The molecule has 0 saturated carbocycles. The first-order valence-electron chi connectivity index (χ1n) is 9.13. The Bertz CT molecular complexity index is 1140. The highest BCUT2D eigenvalue weighted by atomic mass is 32.2. The largest absolute Gasteiger partial charge is 0.342 e. The fourth-order valence-corrected chi connectivity index (χ4v) is 3.80. The Morgan fingerprint density at radius 3 is 2.86 bits per heavy atom. The van der Waals surface area contributed by atoms with Crippen molar-refractivity contribution in [3.63, 3.8) is 0 Å². The van der Waals surface area contributed by atoms with Gasteiger partial charge in [0.25, 0.3) is 5.91 Å². The minimum atomic E-state index is -0.232. The zero-order chi connectivity index (χ0) is 19.5. The first kappa shape index (κ1) is 18.4. The third-order valence-electron chi connectivity index (χ3n) is 4.66. The van der Waals surface area contributed by atoms with Gasteiger partial charge in [0.15, 0.2) is 11.5 Å². The molecule has 0 fully saturated rings. The molecule has 6 nitrogen and oxygen atoms in total. The van der Waals surface area contributed by atoms with E-state index in [1.165, 1.54) is 0 Å². The van der Waals surface area contributed by atoms with Crippen molar-refractivity contribution in [1.29, 1.82) is 0 Å². The maximum atomic E-state index is 13.2. The van der Waals surface area contributed by atoms with Gasteiger partial charge in [-0.2, -0.15) is 11.8 Å². The topological polar surface area (TPSA) is 72.2 Å². The molecular formula is C21H21N5OS. The summed E-state index contributed by atoms with van der Waals surface area (Å²) in [5.74, 6) is 1.52. The highest BCUT2D eigenvalue weighted by Crippen LogP contribution is 2.22. The fourth-order valence-electron chi connectivity index (χ4n) is 3.33. The van der Waals surface area contributed by atoms with Crippen molar-refractivity contribution in [2.24, 2.45) is 0 Å². The van der Waals surface area contributed by atoms with Crippen molar-refractivity contribution in [3.05, 3.63) is 71.8 Å². The van der Waals surface area contributed by atoms with E-state index in [0.717, 1.165) is 40.2 Å². The Kier molecular flexibility index (Phi) is 5.25. The van der Waals surface area contributed by atoms with Gasteiger partial charge < -0.3 is 5.32 Å². The number of hydrogen-bond acceptors (Lipinski definition) is 5. The van der Waals surface area contributed by atoms with Crippen LogP contribution in [0.1, 0.15) is 34.3 Å². The maximum Gasteiger partial charge on any atom is 0.252 e. The molecule has 0 aliphatic rings. The van der Waals surface area contributed by atoms with Gasteiger partial charge in [-0.3, -0.25) is 14.2 Å². The van der Waals surface area contributed by atoms with E-state index in [-0.39, 0.29) is 11.9 Å². The van der Waals surface area contributed by atoms with Gasteiger partial charge in [0, 0.05) is 17.3 Å². The molecule has 1 N–H and O–H groups in total. The van der Waals surface area contributed by atoms with Gasteiger partial charge in [-0.15, -0.1) is 10.2 Å². The van der Waals surface area contributed by atoms with Gasteiger partial charge in [0.05, 0.1) is 17.1 Å². The molecule has 4 aromatic rings. The number of hydrogen-bond donors (Lipinski definition) is 1. The minimum absolute atomic E-state index is 0.125. The summed E-state index contributed by atoms with van der Waals surface area (Å²) in [6, 6.07) is 15.1. The van der Waals surface area contributed by atoms with Crippen LogP contribution in [0.3, 0.4) is 0 Å². The van der Waals surface area contributed by atoms with Gasteiger partial charge in [0.1, 0.15) is 0 Å². The highest BCUT2D eigenvalue weighted by Gasteiger charge is 2.22. The molecule has 0 radical (unpaired) electrons. The summed E-state index contributed by atoms with van der Waals surface area (Å²) >= 11 is 1.74. The normalized spacial score (nSPS) is 12.4. The van der Waals surface area contributed by atoms with E-state index in [4.69, 9.17) is 0 Å². The number of carbonyl (C=O) groups excluding carboxylic acids is 1. The van der Waals surface area contributed by atoms with E-state index in [2.05, 4.69) is 26.8 Å². The van der Waals surface area contributed by atoms with Gasteiger partial charge in [0.2, 0.25) is 0 Å². The number of nitrogens with zero attached hydrogens (tertiary/aromatic N) is 4. The highest BCUT2D eigenvalue weighted by molar-refractivity contribution is 7.98. The number of carbonyl (C=O) groups is 1. The number of nitrogens with one attached hydrogen (secondary N) is 1. The van der Waals surface area contributed by atoms with E-state index >= 15 is 0 Å². The van der Waals surface area contributed by atoms with Crippen molar-refractivity contribution >= 4 is 34.2 Å². The summed E-state index contributed by atoms with van der Waals surface area (Å²) in [5.41, 5.74) is 3.04. The van der Waals surface area contributed by atoms with E-state index in [1.807, 2.05) is 66.1 Å². The molecule has 142 valence electrons. The Labute approximate surface area is 167 Å². The van der Waals surface area contributed by atoms with Gasteiger partial charge in [-0.1, -0.05) is 24.3 Å². The molecule has 28 heavy (non-hydrogen) atoms. The number of rotatable bonds is 6. The van der Waals surface area contributed by atoms with Crippen LogP contribution in [0.5, 0.6) is 0 Å². The second-order valence-electron chi connectivity index (χ2n) is 6.62. The van der Waals surface area contributed by atoms with Crippen molar-refractivity contribution < 1.29 is 4.79 Å². The van der Waals surface area contributed by atoms with Crippen molar-refractivity contribution in [2.75, 3.05) is 12.0 Å². The monoisotopic (exact) mass is 391 g/mol. The third kappa shape index (κ3) is 3.57. The van der Waals surface area contributed by atoms with Crippen LogP contribution in [-0.4, -0.2) is 37.5 Å². The third-order valence-corrected chi connectivity index (χ3v) is 5.30. The van der Waals surface area contributed by atoms with Gasteiger partial charge >= 0.3 is 0 Å². The van der Waals surface area contributed by atoms with E-state index in [1.54, 1.807) is 11.8 Å². The SMILES string of the molecule is CSCCC(NC(=O)c1cc(C)nc2ccccc12)c1nnc2ccccn12. The van der Waals surface area contributed by atoms with Crippen LogP contribution >= 0.6 is 11.8 Å². The second kappa shape index (κ2) is 7.98. The van der Waals surface area contributed by atoms with Gasteiger partial charge in [-0.05, 0) is 49.6 Å². The van der Waals surface area contributed by atoms with Crippen LogP contribution in [0.2, 0.25) is 0 Å². The summed E-state index contributed by atoms with van der Waals surface area (Å²) in [4.78, 5) is 17.7. The number of benzene rings is 1. The lowest BCUT2D eigenvalue weighted by Gasteiger charge is -2.18. The van der Waals surface area contributed by atoms with Crippen LogP contribution in [-0.2, 0) is 0 Å². The molecule has 3 heterocycles. The molecule has 3 aromatic heterocycles. The molecule has 1 amide bonds. The lowest BCUT2D eigenvalue weighted by molar-refractivity contribution is 0.0935. The summed E-state index contributed by atoms with van der Waals surface area (Å²) in [6.07, 6.45) is 4.75. The maximum absolute atomic E-state index is 13.2. The van der Waals surface area contributed by atoms with E-state index < -0.39 is 0 Å². The summed E-state index contributed by atoms with van der Waals surface area (Å²) in [6.45, 7) is 1.90. The van der Waals surface area contributed by atoms with Crippen LogP contribution in [0.15, 0.2) is 54.7 Å². The molecule has 4 rings (SSSR count). The molecule has 1 unspecified atom stereocenters. The Hall–Kier alpha value is -2.93. The van der Waals surface area contributed by atoms with Crippen LogP contribution in [0.25, 0.3) is 16.6 Å². The van der Waals surface area contributed by atoms with Crippen molar-refractivity contribution in [2.45, 2.75) is 19.4 Å².